The molecular formula is C6H12N4O4Pd. The fraction of sp³-hybridized carbons (Fsp3) is 0.333. The fourth-order valence-electron chi connectivity index (χ4n) is 0.219. The summed E-state index contributed by atoms with van der Waals surface area (Å²) in [6.45, 7) is 3.00. The van der Waals surface area contributed by atoms with Crippen LogP contribution < -0.4 is 0 Å². The third kappa shape index (κ3) is 19.1. The van der Waals surface area contributed by atoms with Crippen LogP contribution in [0.2, 0.25) is 0 Å². The molecular weight excluding hydrogens is 299 g/mol. The number of nitrogens with zero attached hydrogens (tertiary/aromatic N) is 4. The summed E-state index contributed by atoms with van der Waals surface area (Å²) in [6, 6.07) is 0. The topological polar surface area (TPSA) is 130 Å². The van der Waals surface area contributed by atoms with Crippen molar-refractivity contribution in [1.82, 2.24) is 0 Å². The van der Waals surface area contributed by atoms with Gasteiger partial charge in [0.15, 0.2) is 0 Å². The molecule has 0 aliphatic heterocycles. The van der Waals surface area contributed by atoms with Gasteiger partial charge in [0.1, 0.15) is 0 Å². The Morgan fingerprint density at radius 2 is 1.07 bits per heavy atom. The average Bonchev–Trinajstić information content (AvgIpc) is 2.19. The van der Waals surface area contributed by atoms with E-state index in [2.05, 4.69) is 20.6 Å². The zero-order valence-electron chi connectivity index (χ0n) is 8.05. The minimum atomic E-state index is 0. The second kappa shape index (κ2) is 15.0. The smallest absolute Gasteiger partial charge is 0.0980 e. The zero-order chi connectivity index (χ0) is 11.4. The van der Waals surface area contributed by atoms with Gasteiger partial charge >= 0.3 is 0 Å². The van der Waals surface area contributed by atoms with E-state index in [1.807, 2.05) is 0 Å². The summed E-state index contributed by atoms with van der Waals surface area (Å²) in [7, 11) is 0. The molecule has 0 atom stereocenters. The van der Waals surface area contributed by atoms with Crippen LogP contribution in [0.1, 0.15) is 13.8 Å². The first-order valence-corrected chi connectivity index (χ1v) is 3.34. The largest absolute Gasteiger partial charge is 0.411 e. The molecule has 15 heavy (non-hydrogen) atoms. The molecule has 0 spiro atoms. The summed E-state index contributed by atoms with van der Waals surface area (Å²) < 4.78 is 0. The van der Waals surface area contributed by atoms with Crippen LogP contribution in [0, 0.1) is 0 Å². The van der Waals surface area contributed by atoms with Gasteiger partial charge in [-0.2, -0.15) is 0 Å². The minimum Gasteiger partial charge on any atom is -0.411 e. The Morgan fingerprint density at radius 3 is 1.13 bits per heavy atom. The molecule has 0 fully saturated rings. The molecule has 90 valence electrons. The molecule has 0 aliphatic carbocycles. The van der Waals surface area contributed by atoms with Gasteiger partial charge in [0.2, 0.25) is 0 Å². The number of hydrogen-bond donors (Lipinski definition) is 4. The van der Waals surface area contributed by atoms with Crippen molar-refractivity contribution < 1.29 is 41.3 Å². The maximum Gasteiger partial charge on any atom is 0.0980 e. The number of hydrogen-bond acceptors (Lipinski definition) is 8. The standard InChI is InChI=1S/2C3H6N2O2.Pd/c2*1-3(5-7)2-4-6;/h2*2,6-7H,1H3;/b2*4-2+,5-3+;. The third-order valence-electron chi connectivity index (χ3n) is 0.805. The summed E-state index contributed by atoms with van der Waals surface area (Å²) in [6.07, 6.45) is 2.06. The number of rotatable bonds is 2. The maximum absolute atomic E-state index is 7.85. The summed E-state index contributed by atoms with van der Waals surface area (Å²) in [5.41, 5.74) is 0.532. The van der Waals surface area contributed by atoms with E-state index in [1.165, 1.54) is 13.8 Å². The molecule has 0 saturated carbocycles. The summed E-state index contributed by atoms with van der Waals surface area (Å²) >= 11 is 0. The predicted octanol–water partition coefficient (Wildman–Crippen LogP) is 0.590. The van der Waals surface area contributed by atoms with Crippen molar-refractivity contribution in [2.45, 2.75) is 13.8 Å². The predicted molar refractivity (Wildman–Crippen MR) is 50.3 cm³/mol. The third-order valence-corrected chi connectivity index (χ3v) is 0.805. The van der Waals surface area contributed by atoms with Crippen molar-refractivity contribution in [1.29, 1.82) is 0 Å². The van der Waals surface area contributed by atoms with Crippen LogP contribution in [-0.4, -0.2) is 44.7 Å². The van der Waals surface area contributed by atoms with Gasteiger partial charge in [-0.3, -0.25) is 0 Å². The molecule has 0 saturated heterocycles. The van der Waals surface area contributed by atoms with Crippen LogP contribution in [0.3, 0.4) is 0 Å². The van der Waals surface area contributed by atoms with Crippen molar-refractivity contribution in [3.63, 3.8) is 0 Å². The first kappa shape index (κ1) is 19.2. The average molecular weight is 311 g/mol. The molecule has 8 nitrogen and oxygen atoms in total. The van der Waals surface area contributed by atoms with E-state index in [0.717, 1.165) is 12.4 Å². The van der Waals surface area contributed by atoms with Gasteiger partial charge in [0, 0.05) is 20.4 Å². The van der Waals surface area contributed by atoms with Crippen LogP contribution in [0.25, 0.3) is 0 Å². The maximum atomic E-state index is 7.85. The first-order chi connectivity index (χ1) is 6.62. The summed E-state index contributed by atoms with van der Waals surface area (Å²) in [5, 5.41) is 41.7. The summed E-state index contributed by atoms with van der Waals surface area (Å²) in [5.74, 6) is 0. The Kier molecular flexibility index (Phi) is 19.2. The van der Waals surface area contributed by atoms with E-state index < -0.39 is 0 Å². The first-order valence-electron chi connectivity index (χ1n) is 3.34. The Morgan fingerprint density at radius 1 is 0.800 bits per heavy atom. The Hall–Kier alpha value is -1.46. The molecule has 0 heterocycles. The second-order valence-corrected chi connectivity index (χ2v) is 1.97. The summed E-state index contributed by atoms with van der Waals surface area (Å²) in [4.78, 5) is 0. The van der Waals surface area contributed by atoms with Crippen LogP contribution in [0.5, 0.6) is 0 Å². The molecule has 0 aromatic carbocycles. The molecule has 9 heteroatoms. The van der Waals surface area contributed by atoms with Gasteiger partial charge < -0.3 is 20.8 Å². The van der Waals surface area contributed by atoms with Crippen molar-refractivity contribution in [2.24, 2.45) is 20.6 Å². The van der Waals surface area contributed by atoms with Crippen molar-refractivity contribution in [3.05, 3.63) is 0 Å². The fourth-order valence-corrected chi connectivity index (χ4v) is 0.219. The molecule has 4 N–H and O–H groups in total. The molecule has 0 aromatic heterocycles. The minimum absolute atomic E-state index is 0. The molecule has 0 radical (unpaired) electrons. The zero-order valence-corrected chi connectivity index (χ0v) is 9.60. The van der Waals surface area contributed by atoms with E-state index in [9.17, 15) is 0 Å². The van der Waals surface area contributed by atoms with E-state index in [1.54, 1.807) is 0 Å². The Balaban J connectivity index is -0.000000180. The van der Waals surface area contributed by atoms with Gasteiger partial charge in [-0.15, -0.1) is 0 Å². The van der Waals surface area contributed by atoms with Gasteiger partial charge in [-0.1, -0.05) is 20.6 Å². The van der Waals surface area contributed by atoms with E-state index >= 15 is 0 Å². The molecule has 0 aliphatic rings. The second-order valence-electron chi connectivity index (χ2n) is 1.97. The van der Waals surface area contributed by atoms with Crippen molar-refractivity contribution in [3.8, 4) is 0 Å². The molecule has 0 aromatic rings. The monoisotopic (exact) mass is 310 g/mol. The van der Waals surface area contributed by atoms with Crippen LogP contribution in [0.4, 0.5) is 0 Å². The molecule has 0 unspecified atom stereocenters. The molecule has 0 amide bonds. The van der Waals surface area contributed by atoms with Crippen molar-refractivity contribution in [2.75, 3.05) is 0 Å². The Bertz CT molecular complexity index is 226. The number of oxime groups is 4. The van der Waals surface area contributed by atoms with E-state index in [-0.39, 0.29) is 31.8 Å². The van der Waals surface area contributed by atoms with Crippen LogP contribution >= 0.6 is 0 Å². The quantitative estimate of drug-likeness (QED) is 0.257. The van der Waals surface area contributed by atoms with Crippen LogP contribution in [-0.2, 0) is 20.4 Å². The SMILES string of the molecule is CC(/C=N/O)=N\O.CC(/C=N/O)=N\O.[Pd]. The van der Waals surface area contributed by atoms with Gasteiger partial charge in [-0.05, 0) is 13.8 Å². The van der Waals surface area contributed by atoms with Gasteiger partial charge in [0.05, 0.1) is 23.9 Å². The molecule has 0 rings (SSSR count). The van der Waals surface area contributed by atoms with Gasteiger partial charge in [-0.25, -0.2) is 0 Å². The van der Waals surface area contributed by atoms with Crippen molar-refractivity contribution >= 4 is 23.9 Å². The normalized spacial score (nSPS) is 12.1. The molecule has 0 bridgehead atoms. The van der Waals surface area contributed by atoms with Gasteiger partial charge in [0.25, 0.3) is 0 Å². The van der Waals surface area contributed by atoms with Crippen LogP contribution in [0.15, 0.2) is 20.6 Å². The Labute approximate surface area is 99.9 Å². The van der Waals surface area contributed by atoms with E-state index in [4.69, 9.17) is 20.8 Å². The van der Waals surface area contributed by atoms with E-state index in [0.29, 0.717) is 0 Å².